The summed E-state index contributed by atoms with van der Waals surface area (Å²) < 4.78 is 21.2. The molecule has 4 rings (SSSR count). The van der Waals surface area contributed by atoms with Crippen LogP contribution in [0.1, 0.15) is 11.1 Å². The highest BCUT2D eigenvalue weighted by Crippen LogP contribution is 2.32. The monoisotopic (exact) mass is 431 g/mol. The number of carbonyl (C=O) groups is 2. The van der Waals surface area contributed by atoms with E-state index in [1.807, 2.05) is 30.3 Å². The fraction of sp³-hybridized carbons (Fsp3) is 0.120. The summed E-state index contributed by atoms with van der Waals surface area (Å²) in [5, 5.41) is 2.67. The number of benzene rings is 3. The van der Waals surface area contributed by atoms with Crippen molar-refractivity contribution in [2.24, 2.45) is 0 Å². The standard InChI is InChI=1S/C25H21NO6/c27-24(16-30-25(28)13-7-18-6-12-22-23(14-18)32-17-31-22)26-20-8-10-21(11-9-20)29-15-19-4-2-1-3-5-19/h1-14H,15-17H2,(H,26,27)/b13-7+. The smallest absolute Gasteiger partial charge is 0.331 e. The van der Waals surface area contributed by atoms with Crippen molar-refractivity contribution in [3.8, 4) is 17.2 Å². The van der Waals surface area contributed by atoms with E-state index < -0.39 is 18.5 Å². The SMILES string of the molecule is O=C(COC(=O)/C=C/c1ccc2c(c1)OCO2)Nc1ccc(OCc2ccccc2)cc1. The molecule has 0 aliphatic carbocycles. The van der Waals surface area contributed by atoms with E-state index in [1.54, 1.807) is 48.5 Å². The minimum absolute atomic E-state index is 0.184. The van der Waals surface area contributed by atoms with Crippen molar-refractivity contribution in [1.29, 1.82) is 0 Å². The number of esters is 1. The first-order valence-corrected chi connectivity index (χ1v) is 9.97. The van der Waals surface area contributed by atoms with Gasteiger partial charge >= 0.3 is 5.97 Å². The second-order valence-corrected chi connectivity index (χ2v) is 6.90. The van der Waals surface area contributed by atoms with Gasteiger partial charge in [-0.25, -0.2) is 4.79 Å². The Morgan fingerprint density at radius 2 is 1.72 bits per heavy atom. The number of ether oxygens (including phenoxy) is 4. The average molecular weight is 431 g/mol. The first-order valence-electron chi connectivity index (χ1n) is 9.97. The number of hydrogen-bond donors (Lipinski definition) is 1. The van der Waals surface area contributed by atoms with E-state index in [0.29, 0.717) is 29.5 Å². The highest BCUT2D eigenvalue weighted by molar-refractivity contribution is 5.94. The van der Waals surface area contributed by atoms with Crippen molar-refractivity contribution in [3.63, 3.8) is 0 Å². The van der Waals surface area contributed by atoms with Gasteiger partial charge in [0.1, 0.15) is 12.4 Å². The molecule has 32 heavy (non-hydrogen) atoms. The Labute approximate surface area is 185 Å². The first-order chi connectivity index (χ1) is 15.7. The molecule has 1 aliphatic heterocycles. The van der Waals surface area contributed by atoms with Crippen LogP contribution in [0.15, 0.2) is 78.9 Å². The van der Waals surface area contributed by atoms with Crippen molar-refractivity contribution in [2.45, 2.75) is 6.61 Å². The lowest BCUT2D eigenvalue weighted by Crippen LogP contribution is -2.20. The predicted octanol–water partition coefficient (Wildman–Crippen LogP) is 4.19. The third-order valence-corrected chi connectivity index (χ3v) is 4.54. The fourth-order valence-electron chi connectivity index (χ4n) is 2.94. The van der Waals surface area contributed by atoms with Gasteiger partial charge in [0, 0.05) is 11.8 Å². The van der Waals surface area contributed by atoms with Crippen LogP contribution in [0, 0.1) is 0 Å². The largest absolute Gasteiger partial charge is 0.489 e. The summed E-state index contributed by atoms with van der Waals surface area (Å²) >= 11 is 0. The maximum atomic E-state index is 12.0. The van der Waals surface area contributed by atoms with Gasteiger partial charge in [0.25, 0.3) is 5.91 Å². The lowest BCUT2D eigenvalue weighted by molar-refractivity contribution is -0.142. The molecular formula is C25H21NO6. The summed E-state index contributed by atoms with van der Waals surface area (Å²) in [6.45, 7) is 0.252. The van der Waals surface area contributed by atoms with Crippen molar-refractivity contribution in [1.82, 2.24) is 0 Å². The van der Waals surface area contributed by atoms with Gasteiger partial charge in [-0.05, 0) is 53.6 Å². The van der Waals surface area contributed by atoms with Crippen LogP contribution in [0.2, 0.25) is 0 Å². The van der Waals surface area contributed by atoms with Crippen molar-refractivity contribution >= 4 is 23.6 Å². The minimum atomic E-state index is -0.623. The molecule has 0 radical (unpaired) electrons. The van der Waals surface area contributed by atoms with Gasteiger partial charge in [-0.15, -0.1) is 0 Å². The molecule has 0 bridgehead atoms. The van der Waals surface area contributed by atoms with E-state index in [2.05, 4.69) is 5.32 Å². The van der Waals surface area contributed by atoms with Gasteiger partial charge in [-0.1, -0.05) is 36.4 Å². The fourth-order valence-corrected chi connectivity index (χ4v) is 2.94. The zero-order chi connectivity index (χ0) is 22.2. The van der Waals surface area contributed by atoms with Crippen LogP contribution in [0.5, 0.6) is 17.2 Å². The third-order valence-electron chi connectivity index (χ3n) is 4.54. The van der Waals surface area contributed by atoms with Crippen molar-refractivity contribution in [3.05, 3.63) is 90.0 Å². The average Bonchev–Trinajstić information content (AvgIpc) is 3.30. The first kappa shape index (κ1) is 21.0. The topological polar surface area (TPSA) is 83.1 Å². The van der Waals surface area contributed by atoms with Gasteiger partial charge in [-0.2, -0.15) is 0 Å². The Morgan fingerprint density at radius 3 is 2.53 bits per heavy atom. The highest BCUT2D eigenvalue weighted by atomic mass is 16.7. The maximum absolute atomic E-state index is 12.0. The van der Waals surface area contributed by atoms with Crippen LogP contribution in [-0.4, -0.2) is 25.3 Å². The third kappa shape index (κ3) is 5.89. The molecule has 162 valence electrons. The zero-order valence-corrected chi connectivity index (χ0v) is 17.2. The minimum Gasteiger partial charge on any atom is -0.489 e. The number of anilines is 1. The van der Waals surface area contributed by atoms with Gasteiger partial charge in [0.2, 0.25) is 6.79 Å². The van der Waals surface area contributed by atoms with Crippen LogP contribution in [0.25, 0.3) is 6.08 Å². The molecule has 3 aromatic rings. The second-order valence-electron chi connectivity index (χ2n) is 6.90. The second kappa shape index (κ2) is 10.2. The highest BCUT2D eigenvalue weighted by Gasteiger charge is 2.12. The van der Waals surface area contributed by atoms with Crippen LogP contribution >= 0.6 is 0 Å². The van der Waals surface area contributed by atoms with Crippen LogP contribution < -0.4 is 19.5 Å². The van der Waals surface area contributed by atoms with E-state index in [1.165, 1.54) is 6.08 Å². The Kier molecular flexibility index (Phi) is 6.67. The Morgan fingerprint density at radius 1 is 0.938 bits per heavy atom. The molecule has 0 aromatic heterocycles. The number of nitrogens with one attached hydrogen (secondary N) is 1. The molecule has 0 atom stereocenters. The quantitative estimate of drug-likeness (QED) is 0.425. The summed E-state index contributed by atoms with van der Waals surface area (Å²) in [5.74, 6) is 0.913. The molecule has 0 fully saturated rings. The molecule has 7 heteroatoms. The molecule has 3 aromatic carbocycles. The Bertz CT molecular complexity index is 1110. The lowest BCUT2D eigenvalue weighted by Gasteiger charge is -2.08. The maximum Gasteiger partial charge on any atom is 0.331 e. The van der Waals surface area contributed by atoms with E-state index >= 15 is 0 Å². The summed E-state index contributed by atoms with van der Waals surface area (Å²) in [4.78, 5) is 23.9. The van der Waals surface area contributed by atoms with E-state index in [4.69, 9.17) is 18.9 Å². The normalized spacial score (nSPS) is 11.9. The van der Waals surface area contributed by atoms with E-state index in [0.717, 1.165) is 11.1 Å². The molecule has 1 N–H and O–H groups in total. The Balaban J connectivity index is 1.20. The summed E-state index contributed by atoms with van der Waals surface area (Å²) in [6, 6.07) is 22.1. The van der Waals surface area contributed by atoms with E-state index in [9.17, 15) is 9.59 Å². The van der Waals surface area contributed by atoms with Gasteiger partial charge in [0.05, 0.1) is 0 Å². The summed E-state index contributed by atoms with van der Waals surface area (Å²) in [5.41, 5.74) is 2.40. The molecular weight excluding hydrogens is 410 g/mol. The number of hydrogen-bond acceptors (Lipinski definition) is 6. The number of amides is 1. The molecule has 0 saturated heterocycles. The van der Waals surface area contributed by atoms with Crippen LogP contribution in [0.4, 0.5) is 5.69 Å². The number of carbonyl (C=O) groups excluding carboxylic acids is 2. The Hall–Kier alpha value is -4.26. The lowest BCUT2D eigenvalue weighted by atomic mass is 10.2. The van der Waals surface area contributed by atoms with Crippen LogP contribution in [-0.2, 0) is 20.9 Å². The molecule has 1 aliphatic rings. The van der Waals surface area contributed by atoms with Gasteiger partial charge < -0.3 is 24.3 Å². The van der Waals surface area contributed by atoms with Gasteiger partial charge in [0.15, 0.2) is 18.1 Å². The molecule has 1 amide bonds. The summed E-state index contributed by atoms with van der Waals surface area (Å²) in [6.07, 6.45) is 2.83. The molecule has 0 spiro atoms. The van der Waals surface area contributed by atoms with Crippen LogP contribution in [0.3, 0.4) is 0 Å². The van der Waals surface area contributed by atoms with Gasteiger partial charge in [-0.3, -0.25) is 4.79 Å². The number of rotatable bonds is 8. The number of fused-ring (bicyclic) bond motifs is 1. The molecule has 1 heterocycles. The summed E-state index contributed by atoms with van der Waals surface area (Å²) in [7, 11) is 0. The zero-order valence-electron chi connectivity index (χ0n) is 17.2. The molecule has 7 nitrogen and oxygen atoms in total. The van der Waals surface area contributed by atoms with Crippen molar-refractivity contribution in [2.75, 3.05) is 18.7 Å². The molecule has 0 unspecified atom stereocenters. The molecule has 0 saturated carbocycles. The predicted molar refractivity (Wildman–Crippen MR) is 118 cm³/mol. The van der Waals surface area contributed by atoms with E-state index in [-0.39, 0.29) is 6.79 Å². The van der Waals surface area contributed by atoms with Crippen molar-refractivity contribution < 1.29 is 28.5 Å².